The average molecular weight is 462 g/mol. The van der Waals surface area contributed by atoms with Gasteiger partial charge in [0.15, 0.2) is 5.69 Å². The topological polar surface area (TPSA) is 89.2 Å². The second kappa shape index (κ2) is 8.87. The SMILES string of the molecule is O=C(c1cnn(-c2ccccc2)n1)N1CCN(c2cnn(-c3ccccc3)c(=O)c2Cl)CC1. The Balaban J connectivity index is 1.28. The van der Waals surface area contributed by atoms with Crippen LogP contribution in [0, 0.1) is 0 Å². The van der Waals surface area contributed by atoms with Crippen molar-refractivity contribution in [1.29, 1.82) is 0 Å². The number of hydrogen-bond donors (Lipinski definition) is 0. The van der Waals surface area contributed by atoms with Crippen LogP contribution < -0.4 is 10.5 Å². The maximum absolute atomic E-state index is 12.9. The molecule has 0 radical (unpaired) electrons. The van der Waals surface area contributed by atoms with Crippen molar-refractivity contribution in [3.05, 3.63) is 94.1 Å². The summed E-state index contributed by atoms with van der Waals surface area (Å²) in [5.41, 5.74) is 1.91. The van der Waals surface area contributed by atoms with Gasteiger partial charge >= 0.3 is 0 Å². The first-order valence-corrected chi connectivity index (χ1v) is 10.8. The Morgan fingerprint density at radius 1 is 0.818 bits per heavy atom. The smallest absolute Gasteiger partial charge is 0.292 e. The highest BCUT2D eigenvalue weighted by Gasteiger charge is 2.26. The maximum atomic E-state index is 12.9. The molecule has 0 unspecified atom stereocenters. The molecule has 2 aromatic carbocycles. The fourth-order valence-electron chi connectivity index (χ4n) is 3.76. The molecular formula is C23H20ClN7O2. The fourth-order valence-corrected chi connectivity index (χ4v) is 4.01. The van der Waals surface area contributed by atoms with Gasteiger partial charge in [-0.05, 0) is 24.3 Å². The molecule has 10 heteroatoms. The standard InChI is InChI=1S/C23H20ClN7O2/c24-21-20(16-25-30(23(21)33)17-7-3-1-4-8-17)28-11-13-29(14-12-28)22(32)19-15-26-31(27-19)18-9-5-2-6-10-18/h1-10,15-16H,11-14H2. The van der Waals surface area contributed by atoms with Crippen LogP contribution in [0.15, 0.2) is 77.9 Å². The Morgan fingerprint density at radius 2 is 1.45 bits per heavy atom. The minimum atomic E-state index is -0.378. The van der Waals surface area contributed by atoms with Gasteiger partial charge in [-0.2, -0.15) is 19.7 Å². The minimum Gasteiger partial charge on any atom is -0.365 e. The van der Waals surface area contributed by atoms with E-state index in [1.165, 1.54) is 15.7 Å². The highest BCUT2D eigenvalue weighted by Crippen LogP contribution is 2.23. The third-order valence-electron chi connectivity index (χ3n) is 5.51. The van der Waals surface area contributed by atoms with Crippen LogP contribution in [0.1, 0.15) is 10.5 Å². The van der Waals surface area contributed by atoms with Crippen LogP contribution in [0.5, 0.6) is 0 Å². The highest BCUT2D eigenvalue weighted by molar-refractivity contribution is 6.33. The Labute approximate surface area is 194 Å². The monoisotopic (exact) mass is 461 g/mol. The van der Waals surface area contributed by atoms with E-state index in [-0.39, 0.29) is 22.2 Å². The zero-order chi connectivity index (χ0) is 22.8. The van der Waals surface area contributed by atoms with E-state index in [1.54, 1.807) is 23.2 Å². The van der Waals surface area contributed by atoms with Crippen LogP contribution in [-0.2, 0) is 0 Å². The molecule has 1 amide bonds. The lowest BCUT2D eigenvalue weighted by molar-refractivity contribution is 0.0740. The summed E-state index contributed by atoms with van der Waals surface area (Å²) < 4.78 is 1.28. The van der Waals surface area contributed by atoms with Gasteiger partial charge in [0.25, 0.3) is 11.5 Å². The van der Waals surface area contributed by atoms with Crippen LogP contribution in [0.25, 0.3) is 11.4 Å². The molecule has 33 heavy (non-hydrogen) atoms. The van der Waals surface area contributed by atoms with Gasteiger partial charge in [0.05, 0.1) is 29.5 Å². The zero-order valence-corrected chi connectivity index (χ0v) is 18.3. The van der Waals surface area contributed by atoms with Crippen LogP contribution in [0.4, 0.5) is 5.69 Å². The molecule has 0 atom stereocenters. The number of piperazine rings is 1. The van der Waals surface area contributed by atoms with Gasteiger partial charge in [-0.3, -0.25) is 9.59 Å². The molecule has 4 aromatic rings. The number of hydrogen-bond acceptors (Lipinski definition) is 6. The number of benzene rings is 2. The van der Waals surface area contributed by atoms with E-state index in [2.05, 4.69) is 15.3 Å². The first-order valence-electron chi connectivity index (χ1n) is 10.5. The average Bonchev–Trinajstić information content (AvgIpc) is 3.37. The summed E-state index contributed by atoms with van der Waals surface area (Å²) in [5, 5.41) is 12.9. The van der Waals surface area contributed by atoms with Gasteiger partial charge in [-0.1, -0.05) is 48.0 Å². The summed E-state index contributed by atoms with van der Waals surface area (Å²) in [5.74, 6) is -0.180. The molecular weight excluding hydrogens is 442 g/mol. The number of carbonyl (C=O) groups is 1. The first-order chi connectivity index (χ1) is 16.1. The molecule has 0 saturated carbocycles. The molecule has 0 bridgehead atoms. The number of carbonyl (C=O) groups excluding carboxylic acids is 1. The predicted molar refractivity (Wildman–Crippen MR) is 124 cm³/mol. The maximum Gasteiger partial charge on any atom is 0.292 e. The van der Waals surface area contributed by atoms with E-state index in [0.29, 0.717) is 37.6 Å². The summed E-state index contributed by atoms with van der Waals surface area (Å²) in [7, 11) is 0. The Bertz CT molecular complexity index is 1330. The summed E-state index contributed by atoms with van der Waals surface area (Å²) in [6, 6.07) is 18.5. The lowest BCUT2D eigenvalue weighted by atomic mass is 10.2. The van der Waals surface area contributed by atoms with Crippen molar-refractivity contribution in [2.45, 2.75) is 0 Å². The number of rotatable bonds is 4. The van der Waals surface area contributed by atoms with Crippen LogP contribution in [0.2, 0.25) is 5.02 Å². The highest BCUT2D eigenvalue weighted by atomic mass is 35.5. The Kier molecular flexibility index (Phi) is 5.62. The summed E-state index contributed by atoms with van der Waals surface area (Å²) in [6.07, 6.45) is 3.07. The molecule has 0 aliphatic carbocycles. The van der Waals surface area contributed by atoms with E-state index >= 15 is 0 Å². The van der Waals surface area contributed by atoms with E-state index < -0.39 is 0 Å². The number of nitrogens with zero attached hydrogens (tertiary/aromatic N) is 7. The Hall–Kier alpha value is -3.98. The van der Waals surface area contributed by atoms with Gasteiger partial charge in [0.2, 0.25) is 0 Å². The fraction of sp³-hybridized carbons (Fsp3) is 0.174. The second-order valence-corrected chi connectivity index (χ2v) is 7.91. The number of halogens is 1. The van der Waals surface area contributed by atoms with Gasteiger partial charge in [0, 0.05) is 26.2 Å². The number of amides is 1. The van der Waals surface area contributed by atoms with Crippen molar-refractivity contribution in [3.63, 3.8) is 0 Å². The molecule has 1 saturated heterocycles. The van der Waals surface area contributed by atoms with E-state index in [9.17, 15) is 9.59 Å². The number of anilines is 1. The largest absolute Gasteiger partial charge is 0.365 e. The molecule has 1 aliphatic heterocycles. The molecule has 0 spiro atoms. The molecule has 9 nitrogen and oxygen atoms in total. The molecule has 0 N–H and O–H groups in total. The molecule has 166 valence electrons. The van der Waals surface area contributed by atoms with Crippen molar-refractivity contribution in [1.82, 2.24) is 29.7 Å². The second-order valence-electron chi connectivity index (χ2n) is 7.53. The van der Waals surface area contributed by atoms with Crippen LogP contribution in [-0.4, -0.2) is 61.8 Å². The van der Waals surface area contributed by atoms with Gasteiger partial charge in [-0.25, -0.2) is 0 Å². The lowest BCUT2D eigenvalue weighted by Gasteiger charge is -2.35. The van der Waals surface area contributed by atoms with Crippen molar-refractivity contribution < 1.29 is 4.79 Å². The molecule has 5 rings (SSSR count). The number of para-hydroxylation sites is 2. The van der Waals surface area contributed by atoms with Gasteiger partial charge in [-0.15, -0.1) is 5.10 Å². The Morgan fingerprint density at radius 3 is 2.12 bits per heavy atom. The summed E-state index contributed by atoms with van der Waals surface area (Å²) >= 11 is 6.42. The van der Waals surface area contributed by atoms with Crippen LogP contribution >= 0.6 is 11.6 Å². The van der Waals surface area contributed by atoms with Crippen LogP contribution in [0.3, 0.4) is 0 Å². The summed E-state index contributed by atoms with van der Waals surface area (Å²) in [6.45, 7) is 1.98. The lowest BCUT2D eigenvalue weighted by Crippen LogP contribution is -2.49. The van der Waals surface area contributed by atoms with Crippen molar-refractivity contribution in [3.8, 4) is 11.4 Å². The third-order valence-corrected chi connectivity index (χ3v) is 5.86. The first kappa shape index (κ1) is 20.9. The van der Waals surface area contributed by atoms with E-state index in [4.69, 9.17) is 11.6 Å². The van der Waals surface area contributed by atoms with Crippen molar-refractivity contribution >= 4 is 23.2 Å². The number of aromatic nitrogens is 5. The zero-order valence-electron chi connectivity index (χ0n) is 17.6. The van der Waals surface area contributed by atoms with Crippen molar-refractivity contribution in [2.24, 2.45) is 0 Å². The van der Waals surface area contributed by atoms with Gasteiger partial charge < -0.3 is 9.80 Å². The molecule has 1 aliphatic rings. The quantitative estimate of drug-likeness (QED) is 0.463. The normalized spacial score (nSPS) is 13.8. The minimum absolute atomic E-state index is 0.111. The molecule has 2 aromatic heterocycles. The van der Waals surface area contributed by atoms with E-state index in [1.807, 2.05) is 53.4 Å². The molecule has 1 fully saturated rings. The van der Waals surface area contributed by atoms with Gasteiger partial charge in [0.1, 0.15) is 5.02 Å². The molecule has 3 heterocycles. The summed E-state index contributed by atoms with van der Waals surface area (Å²) in [4.78, 5) is 30.8. The van der Waals surface area contributed by atoms with Crippen molar-refractivity contribution in [2.75, 3.05) is 31.1 Å². The third kappa shape index (κ3) is 4.10. The predicted octanol–water partition coefficient (Wildman–Crippen LogP) is 2.43. The van der Waals surface area contributed by atoms with E-state index in [0.717, 1.165) is 5.69 Å².